The van der Waals surface area contributed by atoms with E-state index in [0.29, 0.717) is 13.2 Å². The molecule has 5 heteroatoms. The fraction of sp³-hybridized carbons (Fsp3) is 0.909. The van der Waals surface area contributed by atoms with Gasteiger partial charge in [0.2, 0.25) is 5.78 Å². The number of halogens is 2. The van der Waals surface area contributed by atoms with Gasteiger partial charge in [-0.05, 0) is 12.8 Å². The van der Waals surface area contributed by atoms with Crippen LogP contribution in [0.5, 0.6) is 0 Å². The van der Waals surface area contributed by atoms with Crippen molar-refractivity contribution in [1.29, 1.82) is 0 Å². The molecule has 1 heterocycles. The first-order valence-electron chi connectivity index (χ1n) is 5.93. The SMILES string of the molecule is CC(=O)C1(C2CCCCC2)OCC[N+]1(Cl)Cl. The predicted molar refractivity (Wildman–Crippen MR) is 62.8 cm³/mol. The number of quaternary nitrogens is 1. The summed E-state index contributed by atoms with van der Waals surface area (Å²) in [6.45, 7) is 2.49. The number of ether oxygens (including phenoxy) is 1. The van der Waals surface area contributed by atoms with Gasteiger partial charge in [-0.1, -0.05) is 22.8 Å². The van der Waals surface area contributed by atoms with E-state index in [2.05, 4.69) is 0 Å². The van der Waals surface area contributed by atoms with Gasteiger partial charge in [0.05, 0.1) is 5.92 Å². The number of nitrogens with zero attached hydrogens (tertiary/aromatic N) is 1. The number of Topliss-reactive ketones (excluding diaryl/α,β-unsaturated/α-hetero) is 1. The lowest BCUT2D eigenvalue weighted by atomic mass is 9.80. The Morgan fingerprint density at radius 2 is 1.94 bits per heavy atom. The highest BCUT2D eigenvalue weighted by Crippen LogP contribution is 2.48. The van der Waals surface area contributed by atoms with Gasteiger partial charge in [-0.3, -0.25) is 4.79 Å². The number of hydrogen-bond acceptors (Lipinski definition) is 2. The average molecular weight is 267 g/mol. The van der Waals surface area contributed by atoms with Crippen molar-refractivity contribution in [3.05, 3.63) is 0 Å². The maximum absolute atomic E-state index is 12.0. The summed E-state index contributed by atoms with van der Waals surface area (Å²) in [5, 5.41) is 0. The van der Waals surface area contributed by atoms with Gasteiger partial charge >= 0.3 is 0 Å². The molecular formula is C11H18Cl2NO2+. The van der Waals surface area contributed by atoms with E-state index >= 15 is 0 Å². The third kappa shape index (κ3) is 1.78. The normalized spacial score (nSPS) is 35.2. The first-order valence-corrected chi connectivity index (χ1v) is 6.61. The monoisotopic (exact) mass is 266 g/mol. The summed E-state index contributed by atoms with van der Waals surface area (Å²) >= 11 is 12.6. The minimum absolute atomic E-state index is 0.0399. The average Bonchev–Trinajstić information content (AvgIpc) is 2.56. The number of ketones is 1. The number of hydrogen-bond donors (Lipinski definition) is 0. The summed E-state index contributed by atoms with van der Waals surface area (Å²) in [6, 6.07) is 0. The first-order chi connectivity index (χ1) is 7.51. The first kappa shape index (κ1) is 12.6. The van der Waals surface area contributed by atoms with Crippen LogP contribution in [0.15, 0.2) is 0 Å². The zero-order chi connectivity index (χ0) is 11.8. The molecule has 0 aromatic carbocycles. The van der Waals surface area contributed by atoms with Crippen molar-refractivity contribution in [3.63, 3.8) is 0 Å². The number of carbonyl (C=O) groups excluding carboxylic acids is 1. The Kier molecular flexibility index (Phi) is 3.51. The molecule has 2 rings (SSSR count). The van der Waals surface area contributed by atoms with Crippen LogP contribution >= 0.6 is 23.6 Å². The van der Waals surface area contributed by atoms with Gasteiger partial charge < -0.3 is 4.74 Å². The van der Waals surface area contributed by atoms with Crippen LogP contribution in [-0.4, -0.2) is 28.2 Å². The summed E-state index contributed by atoms with van der Waals surface area (Å²) in [5.74, 6) is 0.123. The molecule has 0 spiro atoms. The second-order valence-corrected chi connectivity index (χ2v) is 6.12. The molecule has 3 nitrogen and oxygen atoms in total. The van der Waals surface area contributed by atoms with E-state index in [-0.39, 0.29) is 15.2 Å². The van der Waals surface area contributed by atoms with E-state index in [1.165, 1.54) is 13.3 Å². The van der Waals surface area contributed by atoms with Crippen LogP contribution in [0.3, 0.4) is 0 Å². The fourth-order valence-corrected chi connectivity index (χ4v) is 3.82. The Labute approximate surface area is 106 Å². The summed E-state index contributed by atoms with van der Waals surface area (Å²) in [5.41, 5.74) is -1.01. The maximum Gasteiger partial charge on any atom is 0.299 e. The molecule has 1 unspecified atom stereocenters. The van der Waals surface area contributed by atoms with Crippen molar-refractivity contribution in [3.8, 4) is 0 Å². The van der Waals surface area contributed by atoms with Crippen LogP contribution in [-0.2, 0) is 9.53 Å². The van der Waals surface area contributed by atoms with E-state index in [1.807, 2.05) is 0 Å². The molecular weight excluding hydrogens is 249 g/mol. The second kappa shape index (κ2) is 4.45. The smallest absolute Gasteiger partial charge is 0.299 e. The fourth-order valence-electron chi connectivity index (χ4n) is 3.07. The highest BCUT2D eigenvalue weighted by atomic mass is 35.5. The molecule has 0 aromatic rings. The third-order valence-electron chi connectivity index (χ3n) is 3.84. The highest BCUT2D eigenvalue weighted by Gasteiger charge is 2.65. The summed E-state index contributed by atoms with van der Waals surface area (Å²) in [4.78, 5) is 12.0. The molecule has 92 valence electrons. The molecule has 1 aliphatic carbocycles. The Morgan fingerprint density at radius 3 is 2.38 bits per heavy atom. The van der Waals surface area contributed by atoms with Crippen molar-refractivity contribution in [2.45, 2.75) is 44.8 Å². The summed E-state index contributed by atoms with van der Waals surface area (Å²) < 4.78 is 5.38. The van der Waals surface area contributed by atoms with Crippen LogP contribution in [0.25, 0.3) is 0 Å². The van der Waals surface area contributed by atoms with Gasteiger partial charge in [0.15, 0.2) is 23.6 Å². The minimum atomic E-state index is -1.01. The van der Waals surface area contributed by atoms with Crippen LogP contribution in [0.2, 0.25) is 0 Å². The molecule has 1 atom stereocenters. The minimum Gasteiger partial charge on any atom is -0.312 e. The van der Waals surface area contributed by atoms with Crippen LogP contribution in [0.4, 0.5) is 0 Å². The van der Waals surface area contributed by atoms with Crippen molar-refractivity contribution in [2.75, 3.05) is 13.2 Å². The maximum atomic E-state index is 12.0. The molecule has 0 aromatic heterocycles. The van der Waals surface area contributed by atoms with E-state index in [0.717, 1.165) is 25.7 Å². The Balaban J connectivity index is 2.31. The Morgan fingerprint density at radius 1 is 1.31 bits per heavy atom. The lowest BCUT2D eigenvalue weighted by Crippen LogP contribution is -2.59. The predicted octanol–water partition coefficient (Wildman–Crippen LogP) is 3.01. The van der Waals surface area contributed by atoms with Gasteiger partial charge in [-0.25, -0.2) is 0 Å². The zero-order valence-corrected chi connectivity index (χ0v) is 11.1. The van der Waals surface area contributed by atoms with E-state index in [1.54, 1.807) is 0 Å². The molecule has 0 radical (unpaired) electrons. The van der Waals surface area contributed by atoms with Gasteiger partial charge in [0.25, 0.3) is 5.72 Å². The van der Waals surface area contributed by atoms with Crippen molar-refractivity contribution < 1.29 is 13.1 Å². The zero-order valence-electron chi connectivity index (χ0n) is 9.55. The van der Waals surface area contributed by atoms with Crippen LogP contribution in [0, 0.1) is 5.92 Å². The van der Waals surface area contributed by atoms with Crippen molar-refractivity contribution >= 4 is 29.3 Å². The lowest BCUT2D eigenvalue weighted by molar-refractivity contribution is -0.756. The van der Waals surface area contributed by atoms with Gasteiger partial charge in [0, 0.05) is 6.92 Å². The summed E-state index contributed by atoms with van der Waals surface area (Å²) in [7, 11) is 0. The molecule has 0 bridgehead atoms. The molecule has 1 saturated heterocycles. The van der Waals surface area contributed by atoms with Gasteiger partial charge in [-0.15, -0.1) is 0 Å². The highest BCUT2D eigenvalue weighted by molar-refractivity contribution is 6.25. The quantitative estimate of drug-likeness (QED) is 0.719. The lowest BCUT2D eigenvalue weighted by Gasteiger charge is -2.39. The van der Waals surface area contributed by atoms with Gasteiger partial charge in [-0.2, -0.15) is 0 Å². The van der Waals surface area contributed by atoms with E-state index in [4.69, 9.17) is 28.3 Å². The molecule has 2 fully saturated rings. The standard InChI is InChI=1S/C11H18Cl2NO2/c1-9(15)11(10-5-3-2-4-6-10)14(12,13)7-8-16-11/h10H,2-8H2,1H3/q+1. The van der Waals surface area contributed by atoms with Crippen LogP contribution < -0.4 is 0 Å². The second-order valence-electron chi connectivity index (χ2n) is 4.79. The van der Waals surface area contributed by atoms with Crippen molar-refractivity contribution in [1.82, 2.24) is 0 Å². The third-order valence-corrected chi connectivity index (χ3v) is 4.68. The Hall–Kier alpha value is 0.170. The topological polar surface area (TPSA) is 26.3 Å². The molecule has 0 N–H and O–H groups in total. The largest absolute Gasteiger partial charge is 0.312 e. The number of rotatable bonds is 2. The van der Waals surface area contributed by atoms with Crippen molar-refractivity contribution in [2.24, 2.45) is 5.92 Å². The van der Waals surface area contributed by atoms with Gasteiger partial charge in [0.1, 0.15) is 13.2 Å². The molecule has 1 saturated carbocycles. The molecule has 0 amide bonds. The van der Waals surface area contributed by atoms with E-state index < -0.39 is 5.72 Å². The van der Waals surface area contributed by atoms with E-state index in [9.17, 15) is 4.79 Å². The molecule has 2 aliphatic rings. The van der Waals surface area contributed by atoms with Crippen LogP contribution in [0.1, 0.15) is 39.0 Å². The Bertz CT molecular complexity index is 290. The summed E-state index contributed by atoms with van der Waals surface area (Å²) in [6.07, 6.45) is 5.47. The molecule has 16 heavy (non-hydrogen) atoms. The molecule has 1 aliphatic heterocycles. The number of carbonyl (C=O) groups is 1.